The Labute approximate surface area is 159 Å². The van der Waals surface area contributed by atoms with Crippen molar-refractivity contribution < 1.29 is 24.2 Å². The fourth-order valence-corrected chi connectivity index (χ4v) is 2.80. The lowest BCUT2D eigenvalue weighted by atomic mass is 10.0. The molecule has 0 bridgehead atoms. The molecule has 0 saturated carbocycles. The van der Waals surface area contributed by atoms with Crippen LogP contribution >= 0.6 is 0 Å². The number of rotatable bonds is 9. The van der Waals surface area contributed by atoms with Crippen LogP contribution in [-0.2, 0) is 16.0 Å². The van der Waals surface area contributed by atoms with Gasteiger partial charge in [0.05, 0.1) is 26.7 Å². The maximum atomic E-state index is 12.4. The number of aryl methyl sites for hydroxylation is 2. The number of carbonyl (C=O) groups excluding carboxylic acids is 1. The first-order valence-corrected chi connectivity index (χ1v) is 8.71. The average Bonchev–Trinajstić information content (AvgIpc) is 2.66. The van der Waals surface area contributed by atoms with Crippen LogP contribution in [0.15, 0.2) is 42.5 Å². The second kappa shape index (κ2) is 9.62. The number of nitrogens with one attached hydrogen (secondary N) is 1. The first kappa shape index (κ1) is 20.3. The molecule has 2 aromatic carbocycles. The molecule has 144 valence electrons. The molecular weight excluding hydrogens is 346 g/mol. The number of hydrogen-bond acceptors (Lipinski definition) is 4. The summed E-state index contributed by atoms with van der Waals surface area (Å²) in [5, 5.41) is 12.1. The standard InChI is InChI=1S/C21H25NO5/c1-14-4-6-15(7-5-14)8-11-20(23)22-18(13-21(24)25)17-10-9-16(26-2)12-19(17)27-3/h4-7,9-10,12,18H,8,11,13H2,1-3H3,(H,22,23)(H,24,25). The lowest BCUT2D eigenvalue weighted by Gasteiger charge is -2.20. The van der Waals surface area contributed by atoms with Crippen LogP contribution in [0.3, 0.4) is 0 Å². The Hall–Kier alpha value is -3.02. The van der Waals surface area contributed by atoms with Gasteiger partial charge in [0, 0.05) is 18.1 Å². The van der Waals surface area contributed by atoms with E-state index in [0.29, 0.717) is 23.5 Å². The van der Waals surface area contributed by atoms with Crippen LogP contribution in [0.4, 0.5) is 0 Å². The number of carbonyl (C=O) groups is 2. The lowest BCUT2D eigenvalue weighted by Crippen LogP contribution is -2.30. The molecule has 6 nitrogen and oxygen atoms in total. The molecule has 0 radical (unpaired) electrons. The van der Waals surface area contributed by atoms with E-state index in [0.717, 1.165) is 11.1 Å². The van der Waals surface area contributed by atoms with Crippen molar-refractivity contribution in [3.05, 3.63) is 59.2 Å². The first-order valence-electron chi connectivity index (χ1n) is 8.71. The van der Waals surface area contributed by atoms with Gasteiger partial charge in [-0.25, -0.2) is 0 Å². The van der Waals surface area contributed by atoms with Crippen LogP contribution < -0.4 is 14.8 Å². The van der Waals surface area contributed by atoms with Crippen LogP contribution in [0.1, 0.15) is 35.6 Å². The third-order valence-electron chi connectivity index (χ3n) is 4.29. The zero-order valence-corrected chi connectivity index (χ0v) is 15.8. The molecule has 0 aliphatic rings. The first-order chi connectivity index (χ1) is 12.9. The van der Waals surface area contributed by atoms with E-state index < -0.39 is 12.0 Å². The smallest absolute Gasteiger partial charge is 0.305 e. The average molecular weight is 371 g/mol. The van der Waals surface area contributed by atoms with E-state index >= 15 is 0 Å². The van der Waals surface area contributed by atoms with Gasteiger partial charge in [-0.1, -0.05) is 29.8 Å². The SMILES string of the molecule is COc1ccc(C(CC(=O)O)NC(=O)CCc2ccc(C)cc2)c(OC)c1. The second-order valence-electron chi connectivity index (χ2n) is 6.31. The van der Waals surface area contributed by atoms with Gasteiger partial charge in [-0.3, -0.25) is 9.59 Å². The van der Waals surface area contributed by atoms with Crippen molar-refractivity contribution in [3.63, 3.8) is 0 Å². The number of carboxylic acids is 1. The fourth-order valence-electron chi connectivity index (χ4n) is 2.80. The predicted octanol–water partition coefficient (Wildman–Crippen LogP) is 3.28. The van der Waals surface area contributed by atoms with E-state index in [1.54, 1.807) is 18.2 Å². The highest BCUT2D eigenvalue weighted by molar-refractivity contribution is 5.78. The number of amides is 1. The molecule has 2 aromatic rings. The summed E-state index contributed by atoms with van der Waals surface area (Å²) in [6.45, 7) is 2.01. The molecular formula is C21H25NO5. The largest absolute Gasteiger partial charge is 0.497 e. The van der Waals surface area contributed by atoms with Gasteiger partial charge in [-0.15, -0.1) is 0 Å². The van der Waals surface area contributed by atoms with Crippen LogP contribution in [0.5, 0.6) is 11.5 Å². The fraction of sp³-hybridized carbons (Fsp3) is 0.333. The molecule has 0 spiro atoms. The van der Waals surface area contributed by atoms with Gasteiger partial charge in [-0.05, 0) is 31.0 Å². The normalized spacial score (nSPS) is 11.5. The van der Waals surface area contributed by atoms with E-state index in [-0.39, 0.29) is 18.7 Å². The van der Waals surface area contributed by atoms with Crippen molar-refractivity contribution in [2.45, 2.75) is 32.2 Å². The van der Waals surface area contributed by atoms with Crippen molar-refractivity contribution in [3.8, 4) is 11.5 Å². The van der Waals surface area contributed by atoms with Crippen molar-refractivity contribution >= 4 is 11.9 Å². The summed E-state index contributed by atoms with van der Waals surface area (Å²) in [7, 11) is 3.03. The molecule has 0 saturated heterocycles. The Kier molecular flexibility index (Phi) is 7.23. The van der Waals surface area contributed by atoms with Gasteiger partial charge in [0.25, 0.3) is 0 Å². The van der Waals surface area contributed by atoms with Crippen LogP contribution in [0, 0.1) is 6.92 Å². The summed E-state index contributed by atoms with van der Waals surface area (Å²) in [6.07, 6.45) is 0.627. The molecule has 1 unspecified atom stereocenters. The van der Waals surface area contributed by atoms with E-state index in [2.05, 4.69) is 5.32 Å². The third-order valence-corrected chi connectivity index (χ3v) is 4.29. The Balaban J connectivity index is 2.10. The number of carboxylic acid groups (broad SMARTS) is 1. The highest BCUT2D eigenvalue weighted by Crippen LogP contribution is 2.31. The van der Waals surface area contributed by atoms with Gasteiger partial charge in [0.2, 0.25) is 5.91 Å². The van der Waals surface area contributed by atoms with Crippen LogP contribution in [0.2, 0.25) is 0 Å². The quantitative estimate of drug-likeness (QED) is 0.707. The minimum absolute atomic E-state index is 0.209. The van der Waals surface area contributed by atoms with E-state index in [1.165, 1.54) is 14.2 Å². The summed E-state index contributed by atoms with van der Waals surface area (Å²) in [5.74, 6) is -0.147. The van der Waals surface area contributed by atoms with Gasteiger partial charge in [-0.2, -0.15) is 0 Å². The van der Waals surface area contributed by atoms with Gasteiger partial charge < -0.3 is 19.9 Å². The Morgan fingerprint density at radius 3 is 2.37 bits per heavy atom. The van der Waals surface area contributed by atoms with Crippen LogP contribution in [-0.4, -0.2) is 31.2 Å². The number of benzene rings is 2. The number of methoxy groups -OCH3 is 2. The molecule has 0 aromatic heterocycles. The van der Waals surface area contributed by atoms with Gasteiger partial charge in [0.1, 0.15) is 11.5 Å². The summed E-state index contributed by atoms with van der Waals surface area (Å²) < 4.78 is 10.5. The Bertz CT molecular complexity index is 786. The molecule has 0 fully saturated rings. The van der Waals surface area contributed by atoms with Gasteiger partial charge in [0.15, 0.2) is 0 Å². The molecule has 6 heteroatoms. The van der Waals surface area contributed by atoms with Crippen molar-refractivity contribution in [2.75, 3.05) is 14.2 Å². The molecule has 1 amide bonds. The number of aliphatic carboxylic acids is 1. The third kappa shape index (κ3) is 6.02. The monoisotopic (exact) mass is 371 g/mol. The topological polar surface area (TPSA) is 84.9 Å². The predicted molar refractivity (Wildman–Crippen MR) is 102 cm³/mol. The Morgan fingerprint density at radius 1 is 1.07 bits per heavy atom. The zero-order chi connectivity index (χ0) is 19.8. The highest BCUT2D eigenvalue weighted by atomic mass is 16.5. The maximum absolute atomic E-state index is 12.4. The van der Waals surface area contributed by atoms with E-state index in [9.17, 15) is 14.7 Å². The number of hydrogen-bond donors (Lipinski definition) is 2. The molecule has 0 heterocycles. The van der Waals surface area contributed by atoms with E-state index in [1.807, 2.05) is 31.2 Å². The summed E-state index contributed by atoms with van der Waals surface area (Å²) >= 11 is 0. The molecule has 2 rings (SSSR count). The zero-order valence-electron chi connectivity index (χ0n) is 15.8. The summed E-state index contributed by atoms with van der Waals surface area (Å²) in [5.41, 5.74) is 2.83. The summed E-state index contributed by atoms with van der Waals surface area (Å²) in [4.78, 5) is 23.7. The molecule has 0 aliphatic carbocycles. The van der Waals surface area contributed by atoms with Crippen LogP contribution in [0.25, 0.3) is 0 Å². The molecule has 1 atom stereocenters. The molecule has 2 N–H and O–H groups in total. The van der Waals surface area contributed by atoms with Crippen molar-refractivity contribution in [1.82, 2.24) is 5.32 Å². The summed E-state index contributed by atoms with van der Waals surface area (Å²) in [6, 6.07) is 12.4. The minimum Gasteiger partial charge on any atom is -0.497 e. The molecule has 0 aliphatic heterocycles. The van der Waals surface area contributed by atoms with Gasteiger partial charge >= 0.3 is 5.97 Å². The van der Waals surface area contributed by atoms with Crippen molar-refractivity contribution in [1.29, 1.82) is 0 Å². The maximum Gasteiger partial charge on any atom is 0.305 e. The molecule has 27 heavy (non-hydrogen) atoms. The highest BCUT2D eigenvalue weighted by Gasteiger charge is 2.22. The Morgan fingerprint density at radius 2 is 1.78 bits per heavy atom. The second-order valence-corrected chi connectivity index (χ2v) is 6.31. The lowest BCUT2D eigenvalue weighted by molar-refractivity contribution is -0.137. The minimum atomic E-state index is -1.00. The van der Waals surface area contributed by atoms with Crippen molar-refractivity contribution in [2.24, 2.45) is 0 Å². The number of ether oxygens (including phenoxy) is 2. The van der Waals surface area contributed by atoms with E-state index in [4.69, 9.17) is 9.47 Å².